The average Bonchev–Trinajstić information content (AvgIpc) is 2.42. The van der Waals surface area contributed by atoms with Crippen molar-refractivity contribution in [3.63, 3.8) is 0 Å². The number of hydrogen-bond acceptors (Lipinski definition) is 1. The first-order valence-corrected chi connectivity index (χ1v) is 8.21. The SMILES string of the molecule is CCCCCCCCCCC(O)C1=CCCCC1. The van der Waals surface area contributed by atoms with Crippen molar-refractivity contribution in [2.24, 2.45) is 0 Å². The molecule has 106 valence electrons. The van der Waals surface area contributed by atoms with E-state index < -0.39 is 0 Å². The van der Waals surface area contributed by atoms with Crippen LogP contribution in [0, 0.1) is 0 Å². The van der Waals surface area contributed by atoms with Crippen molar-refractivity contribution in [3.8, 4) is 0 Å². The van der Waals surface area contributed by atoms with Gasteiger partial charge in [0.2, 0.25) is 0 Å². The first kappa shape index (κ1) is 15.8. The molecule has 0 aromatic rings. The molecule has 0 aromatic carbocycles. The molecular formula is C17H32O. The molecular weight excluding hydrogens is 220 g/mol. The number of unbranched alkanes of at least 4 members (excludes halogenated alkanes) is 7. The molecule has 0 heterocycles. The van der Waals surface area contributed by atoms with Gasteiger partial charge in [0.05, 0.1) is 6.10 Å². The fourth-order valence-corrected chi connectivity index (χ4v) is 2.82. The monoisotopic (exact) mass is 252 g/mol. The largest absolute Gasteiger partial charge is 0.389 e. The Morgan fingerprint density at radius 2 is 1.67 bits per heavy atom. The van der Waals surface area contributed by atoms with E-state index in [2.05, 4.69) is 13.0 Å². The summed E-state index contributed by atoms with van der Waals surface area (Å²) in [6, 6.07) is 0. The third-order valence-corrected chi connectivity index (χ3v) is 4.09. The molecule has 0 bridgehead atoms. The Morgan fingerprint density at radius 1 is 1.00 bits per heavy atom. The number of allylic oxidation sites excluding steroid dienone is 1. The second kappa shape index (κ2) is 10.6. The molecule has 1 unspecified atom stereocenters. The summed E-state index contributed by atoms with van der Waals surface area (Å²) in [6.07, 6.45) is 18.8. The lowest BCUT2D eigenvalue weighted by Gasteiger charge is -2.18. The molecule has 1 rings (SSSR count). The van der Waals surface area contributed by atoms with Crippen LogP contribution in [0.25, 0.3) is 0 Å². The highest BCUT2D eigenvalue weighted by Gasteiger charge is 2.12. The Hall–Kier alpha value is -0.300. The standard InChI is InChI=1S/C17H32O/c1-2-3-4-5-6-7-8-12-15-17(18)16-13-10-9-11-14-16/h13,17-18H,2-12,14-15H2,1H3. The molecule has 0 fully saturated rings. The Morgan fingerprint density at radius 3 is 2.28 bits per heavy atom. The van der Waals surface area contributed by atoms with E-state index in [4.69, 9.17) is 0 Å². The van der Waals surface area contributed by atoms with Gasteiger partial charge in [-0.15, -0.1) is 0 Å². The van der Waals surface area contributed by atoms with Gasteiger partial charge in [0.15, 0.2) is 0 Å². The summed E-state index contributed by atoms with van der Waals surface area (Å²) in [7, 11) is 0. The first-order valence-electron chi connectivity index (χ1n) is 8.21. The van der Waals surface area contributed by atoms with Gasteiger partial charge in [0, 0.05) is 0 Å². The van der Waals surface area contributed by atoms with Gasteiger partial charge >= 0.3 is 0 Å². The van der Waals surface area contributed by atoms with Crippen LogP contribution in [0.15, 0.2) is 11.6 Å². The van der Waals surface area contributed by atoms with Crippen molar-refractivity contribution in [2.45, 2.75) is 96.5 Å². The van der Waals surface area contributed by atoms with Gasteiger partial charge in [0.25, 0.3) is 0 Å². The molecule has 0 aliphatic heterocycles. The molecule has 1 aliphatic rings. The smallest absolute Gasteiger partial charge is 0.0750 e. The third kappa shape index (κ3) is 7.20. The maximum atomic E-state index is 10.1. The van der Waals surface area contributed by atoms with E-state index in [1.54, 1.807) is 0 Å². The number of rotatable bonds is 10. The normalized spacial score (nSPS) is 17.6. The summed E-state index contributed by atoms with van der Waals surface area (Å²) < 4.78 is 0. The van der Waals surface area contributed by atoms with Gasteiger partial charge < -0.3 is 5.11 Å². The van der Waals surface area contributed by atoms with Gasteiger partial charge in [0.1, 0.15) is 0 Å². The first-order chi connectivity index (χ1) is 8.84. The fourth-order valence-electron chi connectivity index (χ4n) is 2.82. The molecule has 0 radical (unpaired) electrons. The van der Waals surface area contributed by atoms with Crippen LogP contribution >= 0.6 is 0 Å². The molecule has 1 aliphatic carbocycles. The molecule has 0 amide bonds. The van der Waals surface area contributed by atoms with Crippen molar-refractivity contribution >= 4 is 0 Å². The highest BCUT2D eigenvalue weighted by atomic mass is 16.3. The molecule has 1 nitrogen and oxygen atoms in total. The van der Waals surface area contributed by atoms with E-state index in [0.29, 0.717) is 0 Å². The zero-order valence-electron chi connectivity index (χ0n) is 12.3. The number of aliphatic hydroxyl groups is 1. The molecule has 0 aromatic heterocycles. The lowest BCUT2D eigenvalue weighted by Crippen LogP contribution is -2.12. The summed E-state index contributed by atoms with van der Waals surface area (Å²) in [5.74, 6) is 0. The van der Waals surface area contributed by atoms with Crippen LogP contribution < -0.4 is 0 Å². The highest BCUT2D eigenvalue weighted by Crippen LogP contribution is 2.23. The average molecular weight is 252 g/mol. The fraction of sp³-hybridized carbons (Fsp3) is 0.882. The van der Waals surface area contributed by atoms with Gasteiger partial charge in [-0.3, -0.25) is 0 Å². The summed E-state index contributed by atoms with van der Waals surface area (Å²) in [6.45, 7) is 2.27. The van der Waals surface area contributed by atoms with E-state index in [1.807, 2.05) is 0 Å². The highest BCUT2D eigenvalue weighted by molar-refractivity contribution is 5.10. The predicted octanol–water partition coefficient (Wildman–Crippen LogP) is 5.38. The molecule has 0 spiro atoms. The van der Waals surface area contributed by atoms with E-state index in [-0.39, 0.29) is 6.10 Å². The maximum Gasteiger partial charge on any atom is 0.0750 e. The Kier molecular flexibility index (Phi) is 9.28. The second-order valence-corrected chi connectivity index (χ2v) is 5.80. The van der Waals surface area contributed by atoms with Gasteiger partial charge in [-0.25, -0.2) is 0 Å². The zero-order valence-corrected chi connectivity index (χ0v) is 12.3. The minimum absolute atomic E-state index is 0.134. The third-order valence-electron chi connectivity index (χ3n) is 4.09. The molecule has 0 saturated carbocycles. The topological polar surface area (TPSA) is 20.2 Å². The Bertz CT molecular complexity index is 220. The summed E-state index contributed by atoms with van der Waals surface area (Å²) in [5.41, 5.74) is 1.32. The lowest BCUT2D eigenvalue weighted by molar-refractivity contribution is 0.189. The number of aliphatic hydroxyl groups excluding tert-OH is 1. The van der Waals surface area contributed by atoms with Crippen LogP contribution in [0.2, 0.25) is 0 Å². The Labute approximate surface area is 114 Å². The van der Waals surface area contributed by atoms with Crippen LogP contribution in [-0.2, 0) is 0 Å². The van der Waals surface area contributed by atoms with Crippen LogP contribution in [0.1, 0.15) is 90.4 Å². The quantitative estimate of drug-likeness (QED) is 0.409. The summed E-state index contributed by atoms with van der Waals surface area (Å²) in [5, 5.41) is 10.1. The molecule has 1 atom stereocenters. The van der Waals surface area contributed by atoms with E-state index in [0.717, 1.165) is 12.8 Å². The van der Waals surface area contributed by atoms with Crippen molar-refractivity contribution in [3.05, 3.63) is 11.6 Å². The summed E-state index contributed by atoms with van der Waals surface area (Å²) >= 11 is 0. The zero-order chi connectivity index (χ0) is 13.1. The number of hydrogen-bond donors (Lipinski definition) is 1. The predicted molar refractivity (Wildman–Crippen MR) is 79.8 cm³/mol. The van der Waals surface area contributed by atoms with Crippen LogP contribution in [0.3, 0.4) is 0 Å². The van der Waals surface area contributed by atoms with Gasteiger partial charge in [-0.2, -0.15) is 0 Å². The van der Waals surface area contributed by atoms with Crippen molar-refractivity contribution in [1.29, 1.82) is 0 Å². The lowest BCUT2D eigenvalue weighted by atomic mass is 9.92. The van der Waals surface area contributed by atoms with E-state index in [1.165, 1.54) is 76.2 Å². The van der Waals surface area contributed by atoms with Crippen molar-refractivity contribution in [1.82, 2.24) is 0 Å². The van der Waals surface area contributed by atoms with Crippen LogP contribution in [0.4, 0.5) is 0 Å². The molecule has 1 N–H and O–H groups in total. The summed E-state index contributed by atoms with van der Waals surface area (Å²) in [4.78, 5) is 0. The van der Waals surface area contributed by atoms with Crippen LogP contribution in [-0.4, -0.2) is 11.2 Å². The maximum absolute atomic E-state index is 10.1. The van der Waals surface area contributed by atoms with Crippen molar-refractivity contribution < 1.29 is 5.11 Å². The minimum Gasteiger partial charge on any atom is -0.389 e. The van der Waals surface area contributed by atoms with Gasteiger partial charge in [-0.05, 0) is 37.7 Å². The van der Waals surface area contributed by atoms with Gasteiger partial charge in [-0.1, -0.05) is 64.4 Å². The molecule has 0 saturated heterocycles. The van der Waals surface area contributed by atoms with Crippen LogP contribution in [0.5, 0.6) is 0 Å². The second-order valence-electron chi connectivity index (χ2n) is 5.80. The van der Waals surface area contributed by atoms with Crippen molar-refractivity contribution in [2.75, 3.05) is 0 Å². The minimum atomic E-state index is -0.134. The molecule has 18 heavy (non-hydrogen) atoms. The Balaban J connectivity index is 1.92. The van der Waals surface area contributed by atoms with E-state index >= 15 is 0 Å². The molecule has 1 heteroatoms. The van der Waals surface area contributed by atoms with E-state index in [9.17, 15) is 5.11 Å².